The number of hydrazone groups is 1. The first-order valence-electron chi connectivity index (χ1n) is 7.90. The summed E-state index contributed by atoms with van der Waals surface area (Å²) in [6.45, 7) is 0. The maximum Gasteiger partial charge on any atom is 0.185 e. The van der Waals surface area contributed by atoms with E-state index in [2.05, 4.69) is 25.8 Å². The van der Waals surface area contributed by atoms with Gasteiger partial charge in [-0.25, -0.2) is 0 Å². The molecule has 0 aliphatic heterocycles. The lowest BCUT2D eigenvalue weighted by molar-refractivity contribution is 0.402. The zero-order valence-electron chi connectivity index (χ0n) is 14.2. The molecule has 0 bridgehead atoms. The lowest BCUT2D eigenvalue weighted by Crippen LogP contribution is -2.01. The monoisotopic (exact) mass is 348 g/mol. The summed E-state index contributed by atoms with van der Waals surface area (Å²) >= 11 is 0. The molecule has 0 spiro atoms. The third-order valence-electron chi connectivity index (χ3n) is 3.97. The van der Waals surface area contributed by atoms with E-state index in [9.17, 15) is 0 Å². The first-order chi connectivity index (χ1) is 12.8. The normalized spacial score (nSPS) is 11.3. The van der Waals surface area contributed by atoms with Crippen molar-refractivity contribution < 1.29 is 9.47 Å². The number of fused-ring (bicyclic) bond motifs is 3. The van der Waals surface area contributed by atoms with Gasteiger partial charge in [0.2, 0.25) is 0 Å². The van der Waals surface area contributed by atoms with E-state index in [4.69, 9.17) is 9.47 Å². The van der Waals surface area contributed by atoms with Crippen molar-refractivity contribution in [1.82, 2.24) is 19.8 Å². The van der Waals surface area contributed by atoms with Gasteiger partial charge in [-0.2, -0.15) is 9.62 Å². The van der Waals surface area contributed by atoms with Gasteiger partial charge in [-0.1, -0.05) is 24.3 Å². The number of methoxy groups -OCH3 is 2. The van der Waals surface area contributed by atoms with Crippen LogP contribution in [0.2, 0.25) is 0 Å². The first kappa shape index (κ1) is 15.8. The van der Waals surface area contributed by atoms with Gasteiger partial charge < -0.3 is 9.47 Å². The highest BCUT2D eigenvalue weighted by Gasteiger charge is 2.09. The Morgan fingerprint density at radius 1 is 1.08 bits per heavy atom. The Morgan fingerprint density at radius 2 is 1.92 bits per heavy atom. The molecule has 0 radical (unpaired) electrons. The summed E-state index contributed by atoms with van der Waals surface area (Å²) in [6, 6.07) is 13.3. The van der Waals surface area contributed by atoms with Gasteiger partial charge in [0.1, 0.15) is 17.8 Å². The van der Waals surface area contributed by atoms with Gasteiger partial charge in [0.05, 0.1) is 20.4 Å². The van der Waals surface area contributed by atoms with Gasteiger partial charge in [0, 0.05) is 16.3 Å². The van der Waals surface area contributed by atoms with Crippen molar-refractivity contribution in [2.24, 2.45) is 5.10 Å². The van der Waals surface area contributed by atoms with Crippen molar-refractivity contribution in [2.45, 2.75) is 0 Å². The quantitative estimate of drug-likeness (QED) is 0.441. The van der Waals surface area contributed by atoms with E-state index in [1.54, 1.807) is 31.3 Å². The largest absolute Gasteiger partial charge is 0.497 e. The summed E-state index contributed by atoms with van der Waals surface area (Å²) in [4.78, 5) is 0. The number of hydrogen-bond acceptors (Lipinski definition) is 7. The number of hydrogen-bond donors (Lipinski definition) is 1. The van der Waals surface area contributed by atoms with E-state index < -0.39 is 0 Å². The van der Waals surface area contributed by atoms with Crippen LogP contribution < -0.4 is 14.9 Å². The number of benzene rings is 2. The maximum absolute atomic E-state index is 5.35. The molecule has 4 rings (SSSR count). The number of aromatic nitrogens is 4. The van der Waals surface area contributed by atoms with Crippen LogP contribution in [-0.4, -0.2) is 40.2 Å². The number of nitrogens with one attached hydrogen (secondary N) is 1. The molecular weight excluding hydrogens is 332 g/mol. The lowest BCUT2D eigenvalue weighted by atomic mass is 10.2. The fourth-order valence-electron chi connectivity index (χ4n) is 2.71. The molecule has 0 aliphatic rings. The van der Waals surface area contributed by atoms with E-state index in [0.29, 0.717) is 17.2 Å². The molecule has 0 saturated heterocycles. The predicted molar refractivity (Wildman–Crippen MR) is 99.1 cm³/mol. The number of ether oxygens (including phenoxy) is 2. The summed E-state index contributed by atoms with van der Waals surface area (Å²) in [5.41, 5.74) is 4.48. The second kappa shape index (κ2) is 6.67. The first-order valence-corrected chi connectivity index (χ1v) is 7.90. The Morgan fingerprint density at radius 3 is 2.73 bits per heavy atom. The average Bonchev–Trinajstić information content (AvgIpc) is 3.16. The van der Waals surface area contributed by atoms with Gasteiger partial charge in [0.25, 0.3) is 0 Å². The third-order valence-corrected chi connectivity index (χ3v) is 3.97. The van der Waals surface area contributed by atoms with Crippen LogP contribution in [0.1, 0.15) is 5.56 Å². The zero-order chi connectivity index (χ0) is 17.9. The standard InChI is InChI=1S/C18H16N6O2/c1-25-13-7-8-16(26-2)12(9-13)10-19-21-17-14-5-3-4-6-15(14)18-22-20-11-24(18)23-17/h3-11H,1-2H3,(H,21,23)/b19-10+. The van der Waals surface area contributed by atoms with Crippen LogP contribution in [0.3, 0.4) is 0 Å². The molecule has 2 heterocycles. The zero-order valence-corrected chi connectivity index (χ0v) is 14.2. The number of anilines is 1. The van der Waals surface area contributed by atoms with E-state index in [1.807, 2.05) is 42.5 Å². The Hall–Kier alpha value is -3.68. The molecule has 26 heavy (non-hydrogen) atoms. The molecule has 130 valence electrons. The highest BCUT2D eigenvalue weighted by molar-refractivity contribution is 6.00. The molecule has 2 aromatic carbocycles. The SMILES string of the molecule is COc1ccc(OC)c(/C=N/Nc2nn3cnnc3c3ccccc23)c1. The molecule has 2 aromatic heterocycles. The Labute approximate surface area is 149 Å². The molecule has 1 N–H and O–H groups in total. The fraction of sp³-hybridized carbons (Fsp3) is 0.111. The second-order valence-corrected chi connectivity index (χ2v) is 5.47. The lowest BCUT2D eigenvalue weighted by Gasteiger charge is -2.08. The van der Waals surface area contributed by atoms with Gasteiger partial charge in [-0.15, -0.1) is 15.3 Å². The molecule has 0 atom stereocenters. The molecule has 0 unspecified atom stereocenters. The van der Waals surface area contributed by atoms with Gasteiger partial charge in [-0.3, -0.25) is 5.43 Å². The van der Waals surface area contributed by atoms with Gasteiger partial charge >= 0.3 is 0 Å². The molecule has 0 aliphatic carbocycles. The van der Waals surface area contributed by atoms with Crippen molar-refractivity contribution in [3.05, 3.63) is 54.4 Å². The summed E-state index contributed by atoms with van der Waals surface area (Å²) < 4.78 is 12.2. The Balaban J connectivity index is 1.70. The van der Waals surface area contributed by atoms with Crippen LogP contribution in [-0.2, 0) is 0 Å². The summed E-state index contributed by atoms with van der Waals surface area (Å²) in [6.07, 6.45) is 3.22. The van der Waals surface area contributed by atoms with Crippen LogP contribution in [0.15, 0.2) is 53.9 Å². The molecule has 4 aromatic rings. The van der Waals surface area contributed by atoms with Crippen molar-refractivity contribution in [3.8, 4) is 11.5 Å². The maximum atomic E-state index is 5.35. The average molecular weight is 348 g/mol. The topological polar surface area (TPSA) is 85.9 Å². The van der Waals surface area contributed by atoms with Crippen LogP contribution >= 0.6 is 0 Å². The van der Waals surface area contributed by atoms with E-state index in [0.717, 1.165) is 22.1 Å². The molecule has 8 heteroatoms. The van der Waals surface area contributed by atoms with Gasteiger partial charge in [0.15, 0.2) is 11.5 Å². The predicted octanol–water partition coefficient (Wildman–Crippen LogP) is 2.74. The van der Waals surface area contributed by atoms with Crippen LogP contribution in [0.4, 0.5) is 5.82 Å². The molecule has 0 amide bonds. The second-order valence-electron chi connectivity index (χ2n) is 5.47. The van der Waals surface area contributed by atoms with E-state index in [1.165, 1.54) is 0 Å². The Bertz CT molecular complexity index is 1110. The van der Waals surface area contributed by atoms with E-state index >= 15 is 0 Å². The third kappa shape index (κ3) is 2.77. The van der Waals surface area contributed by atoms with Crippen LogP contribution in [0, 0.1) is 0 Å². The van der Waals surface area contributed by atoms with Crippen molar-refractivity contribution >= 4 is 28.5 Å². The highest BCUT2D eigenvalue weighted by atomic mass is 16.5. The minimum atomic E-state index is 0.603. The summed E-state index contributed by atoms with van der Waals surface area (Å²) in [7, 11) is 3.23. The van der Waals surface area contributed by atoms with Gasteiger partial charge in [-0.05, 0) is 18.2 Å². The van der Waals surface area contributed by atoms with Crippen molar-refractivity contribution in [2.75, 3.05) is 19.6 Å². The highest BCUT2D eigenvalue weighted by Crippen LogP contribution is 2.25. The Kier molecular flexibility index (Phi) is 4.06. The number of rotatable bonds is 5. The summed E-state index contributed by atoms with van der Waals surface area (Å²) in [5, 5.41) is 18.7. The van der Waals surface area contributed by atoms with Crippen LogP contribution in [0.25, 0.3) is 16.4 Å². The molecule has 0 saturated carbocycles. The van der Waals surface area contributed by atoms with Crippen LogP contribution in [0.5, 0.6) is 11.5 Å². The smallest absolute Gasteiger partial charge is 0.185 e. The summed E-state index contributed by atoms with van der Waals surface area (Å²) in [5.74, 6) is 2.02. The van der Waals surface area contributed by atoms with E-state index in [-0.39, 0.29) is 0 Å². The van der Waals surface area contributed by atoms with Crippen molar-refractivity contribution in [1.29, 1.82) is 0 Å². The fourth-order valence-corrected chi connectivity index (χ4v) is 2.71. The minimum Gasteiger partial charge on any atom is -0.497 e. The molecular formula is C18H16N6O2. The molecule has 8 nitrogen and oxygen atoms in total. The molecule has 0 fully saturated rings. The van der Waals surface area contributed by atoms with Crippen molar-refractivity contribution in [3.63, 3.8) is 0 Å². The minimum absolute atomic E-state index is 0.603. The number of nitrogens with zero attached hydrogens (tertiary/aromatic N) is 5.